The van der Waals surface area contributed by atoms with Crippen LogP contribution in [0.2, 0.25) is 0 Å². The third-order valence-electron chi connectivity index (χ3n) is 4.10. The van der Waals surface area contributed by atoms with Gasteiger partial charge in [0.2, 0.25) is 15.9 Å². The molecule has 0 heterocycles. The minimum absolute atomic E-state index is 0.0544. The Labute approximate surface area is 145 Å². The van der Waals surface area contributed by atoms with Crippen LogP contribution in [0, 0.1) is 5.92 Å². The summed E-state index contributed by atoms with van der Waals surface area (Å²) in [6.07, 6.45) is 0. The Morgan fingerprint density at radius 1 is 1.12 bits per heavy atom. The Morgan fingerprint density at radius 3 is 2.04 bits per heavy atom. The van der Waals surface area contributed by atoms with E-state index in [1.165, 1.54) is 4.31 Å². The summed E-state index contributed by atoms with van der Waals surface area (Å²) in [5.41, 5.74) is 6.67. The average Bonchev–Trinajstić information content (AvgIpc) is 2.54. The van der Waals surface area contributed by atoms with E-state index in [0.29, 0.717) is 13.1 Å². The zero-order valence-electron chi connectivity index (χ0n) is 15.1. The number of rotatable bonds is 8. The van der Waals surface area contributed by atoms with E-state index in [0.717, 1.165) is 5.56 Å². The number of carbonyl (C=O) groups excluding carboxylic acids is 1. The van der Waals surface area contributed by atoms with Crippen molar-refractivity contribution in [2.24, 2.45) is 11.7 Å². The molecule has 0 aliphatic rings. The molecule has 3 N–H and O–H groups in total. The van der Waals surface area contributed by atoms with Gasteiger partial charge in [0.15, 0.2) is 0 Å². The van der Waals surface area contributed by atoms with Gasteiger partial charge in [0.05, 0.1) is 17.0 Å². The predicted octanol–water partition coefficient (Wildman–Crippen LogP) is 1.88. The Bertz CT molecular complexity index is 638. The van der Waals surface area contributed by atoms with Crippen LogP contribution >= 0.6 is 0 Å². The second kappa shape index (κ2) is 8.60. The van der Waals surface area contributed by atoms with E-state index in [1.807, 2.05) is 34.6 Å². The highest BCUT2D eigenvalue weighted by atomic mass is 32.2. The van der Waals surface area contributed by atoms with Gasteiger partial charge in [-0.1, -0.05) is 39.8 Å². The molecule has 1 unspecified atom stereocenters. The number of sulfonamides is 1. The third kappa shape index (κ3) is 4.78. The summed E-state index contributed by atoms with van der Waals surface area (Å²) in [4.78, 5) is 12.3. The van der Waals surface area contributed by atoms with E-state index in [-0.39, 0.29) is 22.8 Å². The fraction of sp³-hybridized carbons (Fsp3) is 0.588. The molecule has 0 fully saturated rings. The lowest BCUT2D eigenvalue weighted by molar-refractivity contribution is -0.123. The van der Waals surface area contributed by atoms with Crippen LogP contribution in [-0.2, 0) is 14.8 Å². The standard InChI is InChI=1S/C17H29N3O3S/c1-6-20(7-2)24(22,23)15-10-8-14(9-11-15)13(5)19-17(21)16(18)12(3)4/h8-13,16H,6-7,18H2,1-5H3,(H,19,21)/t13?,16-/m0/s1. The summed E-state index contributed by atoms with van der Waals surface area (Å²) in [6.45, 7) is 10.1. The molecule has 0 saturated carbocycles. The lowest BCUT2D eigenvalue weighted by Crippen LogP contribution is -2.44. The van der Waals surface area contributed by atoms with Crippen molar-refractivity contribution >= 4 is 15.9 Å². The molecule has 1 aromatic rings. The summed E-state index contributed by atoms with van der Waals surface area (Å²) in [7, 11) is -3.47. The molecule has 0 aromatic heterocycles. The van der Waals surface area contributed by atoms with Crippen LogP contribution in [0.1, 0.15) is 46.2 Å². The van der Waals surface area contributed by atoms with Gasteiger partial charge in [-0.25, -0.2) is 8.42 Å². The molecule has 0 spiro atoms. The average molecular weight is 356 g/mol. The third-order valence-corrected chi connectivity index (χ3v) is 6.17. The quantitative estimate of drug-likeness (QED) is 0.744. The smallest absolute Gasteiger partial charge is 0.243 e. The predicted molar refractivity (Wildman–Crippen MR) is 95.9 cm³/mol. The molecule has 1 amide bonds. The maximum absolute atomic E-state index is 12.5. The molecule has 0 bridgehead atoms. The van der Waals surface area contributed by atoms with Crippen molar-refractivity contribution in [1.29, 1.82) is 0 Å². The zero-order chi connectivity index (χ0) is 18.5. The van der Waals surface area contributed by atoms with Crippen molar-refractivity contribution < 1.29 is 13.2 Å². The molecular weight excluding hydrogens is 326 g/mol. The first kappa shape index (κ1) is 20.6. The van der Waals surface area contributed by atoms with E-state index in [9.17, 15) is 13.2 Å². The number of nitrogens with two attached hydrogens (primary N) is 1. The summed E-state index contributed by atoms with van der Waals surface area (Å²) in [5.74, 6) is -0.156. The van der Waals surface area contributed by atoms with Gasteiger partial charge in [-0.3, -0.25) is 4.79 Å². The fourth-order valence-corrected chi connectivity index (χ4v) is 3.79. The van der Waals surface area contributed by atoms with E-state index in [4.69, 9.17) is 5.73 Å². The van der Waals surface area contributed by atoms with Gasteiger partial charge in [-0.15, -0.1) is 0 Å². The first-order valence-corrected chi connectivity index (χ1v) is 9.75. The van der Waals surface area contributed by atoms with Crippen LogP contribution in [0.15, 0.2) is 29.2 Å². The van der Waals surface area contributed by atoms with E-state index < -0.39 is 16.1 Å². The zero-order valence-corrected chi connectivity index (χ0v) is 15.9. The molecule has 0 aliphatic heterocycles. The number of carbonyl (C=O) groups is 1. The SMILES string of the molecule is CCN(CC)S(=O)(=O)c1ccc(C(C)NC(=O)[C@@H](N)C(C)C)cc1. The molecule has 6 nitrogen and oxygen atoms in total. The van der Waals surface area contributed by atoms with Crippen LogP contribution in [-0.4, -0.2) is 37.8 Å². The summed E-state index contributed by atoms with van der Waals surface area (Å²) < 4.78 is 26.3. The number of hydrogen-bond acceptors (Lipinski definition) is 4. The number of amides is 1. The second-order valence-electron chi connectivity index (χ2n) is 6.16. The molecule has 2 atom stereocenters. The van der Waals surface area contributed by atoms with Crippen molar-refractivity contribution in [3.05, 3.63) is 29.8 Å². The van der Waals surface area contributed by atoms with Crippen LogP contribution in [0.5, 0.6) is 0 Å². The summed E-state index contributed by atoms with van der Waals surface area (Å²) in [6, 6.07) is 5.80. The van der Waals surface area contributed by atoms with Gasteiger partial charge in [0.1, 0.15) is 0 Å². The maximum Gasteiger partial charge on any atom is 0.243 e. The molecule has 0 saturated heterocycles. The van der Waals surface area contributed by atoms with Crippen molar-refractivity contribution in [2.45, 2.75) is 51.6 Å². The molecule has 136 valence electrons. The summed E-state index contributed by atoms with van der Waals surface area (Å²) in [5, 5.41) is 2.86. The monoisotopic (exact) mass is 355 g/mol. The van der Waals surface area contributed by atoms with Gasteiger partial charge in [-0.2, -0.15) is 4.31 Å². The van der Waals surface area contributed by atoms with Crippen LogP contribution in [0.4, 0.5) is 0 Å². The minimum Gasteiger partial charge on any atom is -0.348 e. The van der Waals surface area contributed by atoms with Gasteiger partial charge < -0.3 is 11.1 Å². The van der Waals surface area contributed by atoms with Crippen molar-refractivity contribution in [3.63, 3.8) is 0 Å². The Morgan fingerprint density at radius 2 is 1.62 bits per heavy atom. The molecule has 1 aromatic carbocycles. The lowest BCUT2D eigenvalue weighted by Gasteiger charge is -2.21. The number of nitrogens with zero attached hydrogens (tertiary/aromatic N) is 1. The summed E-state index contributed by atoms with van der Waals surface area (Å²) >= 11 is 0. The minimum atomic E-state index is -3.47. The molecule has 0 radical (unpaired) electrons. The van der Waals surface area contributed by atoms with Gasteiger partial charge in [0, 0.05) is 13.1 Å². The van der Waals surface area contributed by atoms with Crippen molar-refractivity contribution in [1.82, 2.24) is 9.62 Å². The highest BCUT2D eigenvalue weighted by molar-refractivity contribution is 7.89. The van der Waals surface area contributed by atoms with Crippen molar-refractivity contribution in [3.8, 4) is 0 Å². The maximum atomic E-state index is 12.5. The van der Waals surface area contributed by atoms with E-state index in [1.54, 1.807) is 24.3 Å². The topological polar surface area (TPSA) is 92.5 Å². The number of hydrogen-bond donors (Lipinski definition) is 2. The number of benzene rings is 1. The molecular formula is C17H29N3O3S. The van der Waals surface area contributed by atoms with Crippen LogP contribution in [0.25, 0.3) is 0 Å². The highest BCUT2D eigenvalue weighted by Gasteiger charge is 2.22. The van der Waals surface area contributed by atoms with Crippen LogP contribution < -0.4 is 11.1 Å². The van der Waals surface area contributed by atoms with Crippen molar-refractivity contribution in [2.75, 3.05) is 13.1 Å². The van der Waals surface area contributed by atoms with E-state index in [2.05, 4.69) is 5.32 Å². The van der Waals surface area contributed by atoms with Gasteiger partial charge in [0.25, 0.3) is 0 Å². The normalized spacial score (nSPS) is 14.7. The molecule has 7 heteroatoms. The molecule has 1 rings (SSSR count). The van der Waals surface area contributed by atoms with Crippen LogP contribution in [0.3, 0.4) is 0 Å². The number of nitrogens with one attached hydrogen (secondary N) is 1. The largest absolute Gasteiger partial charge is 0.348 e. The van der Waals surface area contributed by atoms with Gasteiger partial charge in [-0.05, 0) is 30.5 Å². The molecule has 24 heavy (non-hydrogen) atoms. The highest BCUT2D eigenvalue weighted by Crippen LogP contribution is 2.19. The first-order chi connectivity index (χ1) is 11.1. The fourth-order valence-electron chi connectivity index (χ4n) is 2.34. The Hall–Kier alpha value is -1.44. The van der Waals surface area contributed by atoms with E-state index >= 15 is 0 Å². The first-order valence-electron chi connectivity index (χ1n) is 8.31. The second-order valence-corrected chi connectivity index (χ2v) is 8.10. The molecule has 0 aliphatic carbocycles. The Balaban J connectivity index is 2.89. The Kier molecular flexibility index (Phi) is 7.38. The van der Waals surface area contributed by atoms with Gasteiger partial charge >= 0.3 is 0 Å². The lowest BCUT2D eigenvalue weighted by atomic mass is 10.0.